The first-order chi connectivity index (χ1) is 48.7. The summed E-state index contributed by atoms with van der Waals surface area (Å²) in [6.07, 6.45) is 79.3. The van der Waals surface area contributed by atoms with E-state index in [1.54, 1.807) is 6.08 Å². The molecule has 0 aromatic heterocycles. The maximum Gasteiger partial charge on any atom is 0.472 e. The van der Waals surface area contributed by atoms with Gasteiger partial charge in [-0.15, -0.1) is 0 Å². The average molecular weight is 1450 g/mol. The van der Waals surface area contributed by atoms with Gasteiger partial charge in [-0.3, -0.25) is 37.3 Å². The fraction of sp³-hybridized carbons (Fsp3) is 0.704. The van der Waals surface area contributed by atoms with Crippen LogP contribution in [0, 0.1) is 0 Å². The summed E-state index contributed by atoms with van der Waals surface area (Å²) in [6.45, 7) is 4.50. The molecule has 5 unspecified atom stereocenters. The van der Waals surface area contributed by atoms with Crippen LogP contribution >= 0.6 is 15.6 Å². The molecular formula is C81H138O17P2. The van der Waals surface area contributed by atoms with Crippen LogP contribution in [0.4, 0.5) is 0 Å². The van der Waals surface area contributed by atoms with Gasteiger partial charge in [0, 0.05) is 19.3 Å². The molecule has 5 atom stereocenters. The summed E-state index contributed by atoms with van der Waals surface area (Å²) < 4.78 is 68.4. The van der Waals surface area contributed by atoms with Crippen molar-refractivity contribution in [3.05, 3.63) is 122 Å². The van der Waals surface area contributed by atoms with Crippen molar-refractivity contribution in [2.45, 2.75) is 329 Å². The van der Waals surface area contributed by atoms with E-state index in [1.807, 2.05) is 18.2 Å². The molecule has 574 valence electrons. The van der Waals surface area contributed by atoms with E-state index < -0.39 is 97.5 Å². The summed E-state index contributed by atoms with van der Waals surface area (Å²) >= 11 is 0. The number of hydrogen-bond donors (Lipinski definition) is 3. The van der Waals surface area contributed by atoms with E-state index in [9.17, 15) is 43.2 Å². The van der Waals surface area contributed by atoms with Crippen molar-refractivity contribution in [1.82, 2.24) is 0 Å². The fourth-order valence-electron chi connectivity index (χ4n) is 10.1. The Morgan fingerprint density at radius 1 is 0.300 bits per heavy atom. The number of esters is 4. The topological polar surface area (TPSA) is 237 Å². The van der Waals surface area contributed by atoms with Crippen molar-refractivity contribution in [3.8, 4) is 0 Å². The van der Waals surface area contributed by atoms with Crippen LogP contribution < -0.4 is 0 Å². The van der Waals surface area contributed by atoms with Crippen LogP contribution in [0.15, 0.2) is 122 Å². The largest absolute Gasteiger partial charge is 0.472 e. The molecule has 0 aromatic rings. The molecule has 0 heterocycles. The zero-order valence-corrected chi connectivity index (χ0v) is 64.4. The Kier molecular flexibility index (Phi) is 69.5. The second-order valence-corrected chi connectivity index (χ2v) is 28.5. The SMILES string of the molecule is CC/C=C\C/C=C\C/C=C\C/C=C\C/C=C\CC(=O)OCC(COP(=O)(O)OCC(O)COP(=O)(O)OCC(COC(=O)CCCCCCCC/C=C\C/C=C\C/C=C\C/C=C\CC)OC(=O)CCCCCCC/C=C\CCCCCC)OC(=O)CCCCCCCCCCCCCCC. The molecular weight excluding hydrogens is 1310 g/mol. The third-order valence-corrected chi connectivity index (χ3v) is 17.9. The van der Waals surface area contributed by atoms with Crippen molar-refractivity contribution in [2.75, 3.05) is 39.6 Å². The molecule has 17 nitrogen and oxygen atoms in total. The van der Waals surface area contributed by atoms with Crippen molar-refractivity contribution in [2.24, 2.45) is 0 Å². The van der Waals surface area contributed by atoms with Crippen LogP contribution in [0.3, 0.4) is 0 Å². The summed E-state index contributed by atoms with van der Waals surface area (Å²) in [6, 6.07) is 0. The van der Waals surface area contributed by atoms with Gasteiger partial charge in [-0.25, -0.2) is 9.13 Å². The van der Waals surface area contributed by atoms with Crippen LogP contribution in [0.2, 0.25) is 0 Å². The maximum atomic E-state index is 13.1. The standard InChI is InChI=1S/C81H138O17P2/c1-5-9-13-17-21-25-29-33-35-36-37-38-40-44-46-50-54-58-62-66-79(84)92-72-77(98-81(86)68-64-60-56-52-48-42-32-28-24-20-16-12-8-4)74-96-100(89,90)94-70-75(82)69-93-99(87,88)95-73-76(97-80(85)67-63-59-55-51-47-41-31-27-23-19-15-11-7-3)71-91-78(83)65-61-57-53-49-45-43-39-34-30-26-22-18-14-10-6-2/h9-10,13-14,21-22,25-26,28,32-35,37-39,45,49,57,61,75-77,82H,5-8,11-12,15-20,23-24,27,29-31,36,40-44,46-48,50-56,58-60,62-74H2,1-4H3,(H,87,88)(H,89,90)/b13-9-,14-10-,25-21-,26-22-,32-28-,35-33-,38-37-,39-34-,49-45-,61-57-. The number of phosphoric acid groups is 2. The van der Waals surface area contributed by atoms with Crippen LogP contribution in [0.25, 0.3) is 0 Å². The van der Waals surface area contributed by atoms with E-state index in [4.69, 9.17) is 37.0 Å². The Labute approximate surface area is 606 Å². The van der Waals surface area contributed by atoms with Crippen LogP contribution in [-0.4, -0.2) is 96.7 Å². The Hall–Kier alpha value is -4.54. The van der Waals surface area contributed by atoms with Gasteiger partial charge in [0.2, 0.25) is 0 Å². The van der Waals surface area contributed by atoms with Gasteiger partial charge in [0.25, 0.3) is 0 Å². The Bertz CT molecular complexity index is 2370. The summed E-state index contributed by atoms with van der Waals surface area (Å²) in [7, 11) is -9.98. The molecule has 0 aliphatic heterocycles. The molecule has 0 amide bonds. The molecule has 0 radical (unpaired) electrons. The number of hydrogen-bond acceptors (Lipinski definition) is 15. The van der Waals surface area contributed by atoms with Gasteiger partial charge in [0.05, 0.1) is 32.8 Å². The van der Waals surface area contributed by atoms with Gasteiger partial charge in [0.1, 0.15) is 19.3 Å². The summed E-state index contributed by atoms with van der Waals surface area (Å²) in [5.74, 6) is -2.34. The first-order valence-electron chi connectivity index (χ1n) is 38.8. The number of aliphatic hydroxyl groups excluding tert-OH is 1. The zero-order valence-electron chi connectivity index (χ0n) is 62.6. The Morgan fingerprint density at radius 3 is 0.910 bits per heavy atom. The molecule has 0 fully saturated rings. The zero-order chi connectivity index (χ0) is 73.2. The molecule has 0 bridgehead atoms. The van der Waals surface area contributed by atoms with Gasteiger partial charge >= 0.3 is 39.5 Å². The number of rotatable bonds is 72. The average Bonchev–Trinajstić information content (AvgIpc) is 0.936. The molecule has 3 N–H and O–H groups in total. The molecule has 0 saturated heterocycles. The minimum Gasteiger partial charge on any atom is -0.462 e. The van der Waals surface area contributed by atoms with E-state index in [0.29, 0.717) is 25.7 Å². The third-order valence-electron chi connectivity index (χ3n) is 16.0. The summed E-state index contributed by atoms with van der Waals surface area (Å²) in [5.41, 5.74) is 0. The van der Waals surface area contributed by atoms with Crippen LogP contribution in [0.1, 0.15) is 310 Å². The van der Waals surface area contributed by atoms with Crippen LogP contribution in [0.5, 0.6) is 0 Å². The smallest absolute Gasteiger partial charge is 0.462 e. The highest BCUT2D eigenvalue weighted by Crippen LogP contribution is 2.45. The number of unbranched alkanes of at least 4 members (excludes halogenated alkanes) is 27. The monoisotopic (exact) mass is 1440 g/mol. The van der Waals surface area contributed by atoms with Gasteiger partial charge in [0.15, 0.2) is 12.2 Å². The molecule has 0 aliphatic rings. The number of allylic oxidation sites excluding steroid dienone is 19. The molecule has 0 aromatic carbocycles. The lowest BCUT2D eigenvalue weighted by atomic mass is 10.0. The highest BCUT2D eigenvalue weighted by molar-refractivity contribution is 7.47. The molecule has 19 heteroatoms. The van der Waals surface area contributed by atoms with Crippen molar-refractivity contribution in [1.29, 1.82) is 0 Å². The molecule has 0 saturated carbocycles. The lowest BCUT2D eigenvalue weighted by Crippen LogP contribution is -2.30. The predicted octanol–water partition coefficient (Wildman–Crippen LogP) is 22.3. The van der Waals surface area contributed by atoms with E-state index in [1.165, 1.54) is 77.0 Å². The van der Waals surface area contributed by atoms with E-state index in [-0.39, 0.29) is 25.7 Å². The molecule has 0 rings (SSSR count). The number of carbonyl (C=O) groups excluding carboxylic acids is 4. The number of ether oxygens (including phenoxy) is 4. The van der Waals surface area contributed by atoms with E-state index >= 15 is 0 Å². The van der Waals surface area contributed by atoms with Gasteiger partial charge in [-0.1, -0.05) is 290 Å². The normalized spacial score (nSPS) is 14.6. The summed E-state index contributed by atoms with van der Waals surface area (Å²) in [5, 5.41) is 10.6. The number of carbonyl (C=O) groups is 4. The second kappa shape index (κ2) is 72.8. The van der Waals surface area contributed by atoms with Crippen LogP contribution in [-0.2, 0) is 65.4 Å². The number of aliphatic hydroxyl groups is 1. The van der Waals surface area contributed by atoms with Crippen molar-refractivity contribution < 1.29 is 80.2 Å². The van der Waals surface area contributed by atoms with E-state index in [2.05, 4.69) is 125 Å². The minimum absolute atomic E-state index is 0.0703. The summed E-state index contributed by atoms with van der Waals surface area (Å²) in [4.78, 5) is 72.8. The third kappa shape index (κ3) is 71.8. The highest BCUT2D eigenvalue weighted by atomic mass is 31.2. The fourth-order valence-corrected chi connectivity index (χ4v) is 11.7. The second-order valence-electron chi connectivity index (χ2n) is 25.6. The first-order valence-corrected chi connectivity index (χ1v) is 41.8. The highest BCUT2D eigenvalue weighted by Gasteiger charge is 2.30. The minimum atomic E-state index is -4.99. The molecule has 100 heavy (non-hydrogen) atoms. The van der Waals surface area contributed by atoms with Crippen molar-refractivity contribution in [3.63, 3.8) is 0 Å². The molecule has 0 aliphatic carbocycles. The van der Waals surface area contributed by atoms with Gasteiger partial charge in [-0.2, -0.15) is 0 Å². The molecule has 0 spiro atoms. The van der Waals surface area contributed by atoms with Gasteiger partial charge in [-0.05, 0) is 116 Å². The first kappa shape index (κ1) is 95.5. The maximum absolute atomic E-state index is 13.1. The van der Waals surface area contributed by atoms with Crippen molar-refractivity contribution >= 4 is 39.5 Å². The van der Waals surface area contributed by atoms with Gasteiger partial charge < -0.3 is 33.8 Å². The predicted molar refractivity (Wildman–Crippen MR) is 408 cm³/mol. The lowest BCUT2D eigenvalue weighted by Gasteiger charge is -2.21. The lowest BCUT2D eigenvalue weighted by molar-refractivity contribution is -0.161. The number of phosphoric ester groups is 2. The van der Waals surface area contributed by atoms with E-state index in [0.717, 1.165) is 154 Å². The quantitative estimate of drug-likeness (QED) is 0.0169. The Morgan fingerprint density at radius 2 is 0.560 bits per heavy atom. The Balaban J connectivity index is 5.39.